The number of hydrogen-bond acceptors (Lipinski definition) is 3. The first-order chi connectivity index (χ1) is 8.74. The molecule has 1 aromatic heterocycles. The number of aromatic nitrogens is 1. The largest absolute Gasteiger partial charge is 0.314 e. The van der Waals surface area contributed by atoms with Crippen LogP contribution in [0, 0.1) is 5.92 Å². The van der Waals surface area contributed by atoms with Crippen LogP contribution in [0.5, 0.6) is 0 Å². The lowest BCUT2D eigenvalue weighted by Crippen LogP contribution is -2.46. The van der Waals surface area contributed by atoms with Crippen molar-refractivity contribution in [1.82, 2.24) is 15.2 Å². The number of pyridine rings is 1. The molecule has 1 fully saturated rings. The minimum Gasteiger partial charge on any atom is -0.314 e. The standard InChI is InChI=1S/C14H22ClN3.2ClH/c1-3-11(2)13(18-9-7-16-8-10-18)12-5-4-6-17-14(12)15;;/h4-6,11,13,16H,3,7-10H2,1-2H3;2*1H/t11?,13-;;/m1../s1. The quantitative estimate of drug-likeness (QED) is 0.849. The normalized spacial score (nSPS) is 18.6. The number of nitrogens with zero attached hydrogens (tertiary/aromatic N) is 2. The number of rotatable bonds is 4. The molecule has 1 unspecified atom stereocenters. The summed E-state index contributed by atoms with van der Waals surface area (Å²) in [4.78, 5) is 6.77. The third kappa shape index (κ3) is 4.74. The van der Waals surface area contributed by atoms with Crippen molar-refractivity contribution in [3.05, 3.63) is 29.0 Å². The van der Waals surface area contributed by atoms with Crippen molar-refractivity contribution in [2.75, 3.05) is 26.2 Å². The van der Waals surface area contributed by atoms with Crippen molar-refractivity contribution < 1.29 is 0 Å². The first-order valence-electron chi connectivity index (χ1n) is 6.79. The fourth-order valence-electron chi connectivity index (χ4n) is 2.67. The first kappa shape index (κ1) is 19.9. The second-order valence-corrected chi connectivity index (χ2v) is 5.36. The summed E-state index contributed by atoms with van der Waals surface area (Å²) in [6.07, 6.45) is 2.91. The Morgan fingerprint density at radius 3 is 2.55 bits per heavy atom. The van der Waals surface area contributed by atoms with Crippen LogP contribution in [0.2, 0.25) is 5.15 Å². The summed E-state index contributed by atoms with van der Waals surface area (Å²) < 4.78 is 0. The van der Waals surface area contributed by atoms with E-state index in [-0.39, 0.29) is 24.8 Å². The minimum absolute atomic E-state index is 0. The van der Waals surface area contributed by atoms with Gasteiger partial charge in [-0.3, -0.25) is 4.90 Å². The molecule has 1 N–H and O–H groups in total. The Morgan fingerprint density at radius 2 is 2.00 bits per heavy atom. The van der Waals surface area contributed by atoms with Gasteiger partial charge in [-0.1, -0.05) is 37.9 Å². The van der Waals surface area contributed by atoms with E-state index in [1.165, 1.54) is 5.56 Å². The molecule has 1 aromatic rings. The summed E-state index contributed by atoms with van der Waals surface area (Å²) in [6, 6.07) is 4.49. The minimum atomic E-state index is 0. The smallest absolute Gasteiger partial charge is 0.133 e. The fraction of sp³-hybridized carbons (Fsp3) is 0.643. The van der Waals surface area contributed by atoms with E-state index in [4.69, 9.17) is 11.6 Å². The summed E-state index contributed by atoms with van der Waals surface area (Å²) in [7, 11) is 0. The molecule has 0 amide bonds. The highest BCUT2D eigenvalue weighted by Crippen LogP contribution is 2.33. The number of hydrogen-bond donors (Lipinski definition) is 1. The molecule has 6 heteroatoms. The van der Waals surface area contributed by atoms with E-state index in [0.717, 1.165) is 32.6 Å². The van der Waals surface area contributed by atoms with Gasteiger partial charge < -0.3 is 5.32 Å². The average Bonchev–Trinajstić information content (AvgIpc) is 2.42. The molecular weight excluding hydrogens is 317 g/mol. The Morgan fingerprint density at radius 1 is 1.35 bits per heavy atom. The van der Waals surface area contributed by atoms with Gasteiger partial charge in [0.25, 0.3) is 0 Å². The molecule has 2 heterocycles. The van der Waals surface area contributed by atoms with Crippen LogP contribution in [0.3, 0.4) is 0 Å². The van der Waals surface area contributed by atoms with Crippen molar-refractivity contribution in [3.8, 4) is 0 Å². The maximum atomic E-state index is 6.29. The summed E-state index contributed by atoms with van der Waals surface area (Å²) in [5, 5.41) is 4.06. The third-order valence-electron chi connectivity index (χ3n) is 3.83. The van der Waals surface area contributed by atoms with Gasteiger partial charge in [0.05, 0.1) is 0 Å². The number of piperazine rings is 1. The van der Waals surface area contributed by atoms with E-state index in [2.05, 4.69) is 35.1 Å². The second-order valence-electron chi connectivity index (χ2n) is 5.00. The molecule has 2 rings (SSSR count). The van der Waals surface area contributed by atoms with E-state index in [0.29, 0.717) is 17.1 Å². The molecule has 1 aliphatic heterocycles. The lowest BCUT2D eigenvalue weighted by Gasteiger charge is -2.38. The van der Waals surface area contributed by atoms with E-state index in [1.807, 2.05) is 6.07 Å². The second kappa shape index (κ2) is 9.80. The molecule has 116 valence electrons. The monoisotopic (exact) mass is 339 g/mol. The van der Waals surface area contributed by atoms with Gasteiger partial charge in [0.15, 0.2) is 0 Å². The van der Waals surface area contributed by atoms with Crippen LogP contribution in [0.4, 0.5) is 0 Å². The predicted octanol–water partition coefficient (Wildman–Crippen LogP) is 3.57. The zero-order valence-corrected chi connectivity index (χ0v) is 14.4. The zero-order chi connectivity index (χ0) is 13.0. The highest BCUT2D eigenvalue weighted by atomic mass is 35.5. The Kier molecular flexibility index (Phi) is 9.77. The zero-order valence-electron chi connectivity index (χ0n) is 12.0. The van der Waals surface area contributed by atoms with Gasteiger partial charge in [0, 0.05) is 44.0 Å². The van der Waals surface area contributed by atoms with Gasteiger partial charge in [-0.05, 0) is 12.0 Å². The summed E-state index contributed by atoms with van der Waals surface area (Å²) in [5.41, 5.74) is 1.18. The van der Waals surface area contributed by atoms with Crippen molar-refractivity contribution in [1.29, 1.82) is 0 Å². The van der Waals surface area contributed by atoms with Crippen molar-refractivity contribution in [3.63, 3.8) is 0 Å². The maximum Gasteiger partial charge on any atom is 0.133 e. The summed E-state index contributed by atoms with van der Waals surface area (Å²) in [5.74, 6) is 0.588. The van der Waals surface area contributed by atoms with E-state index in [9.17, 15) is 0 Å². The molecule has 0 bridgehead atoms. The van der Waals surface area contributed by atoms with Gasteiger partial charge in [0.2, 0.25) is 0 Å². The van der Waals surface area contributed by atoms with Crippen molar-refractivity contribution in [2.24, 2.45) is 5.92 Å². The molecule has 20 heavy (non-hydrogen) atoms. The van der Waals surface area contributed by atoms with Crippen molar-refractivity contribution in [2.45, 2.75) is 26.3 Å². The van der Waals surface area contributed by atoms with Crippen LogP contribution in [-0.2, 0) is 0 Å². The Balaban J connectivity index is 0.00000180. The van der Waals surface area contributed by atoms with Crippen LogP contribution in [-0.4, -0.2) is 36.1 Å². The molecule has 1 saturated heterocycles. The lowest BCUT2D eigenvalue weighted by atomic mass is 9.91. The molecule has 0 spiro atoms. The molecule has 0 aliphatic carbocycles. The van der Waals surface area contributed by atoms with Gasteiger partial charge in [0.1, 0.15) is 5.15 Å². The highest BCUT2D eigenvalue weighted by Gasteiger charge is 2.28. The van der Waals surface area contributed by atoms with E-state index in [1.54, 1.807) is 6.20 Å². The Labute approximate surface area is 139 Å². The number of nitrogens with one attached hydrogen (secondary N) is 1. The Bertz CT molecular complexity index is 384. The topological polar surface area (TPSA) is 28.2 Å². The highest BCUT2D eigenvalue weighted by molar-refractivity contribution is 6.30. The third-order valence-corrected chi connectivity index (χ3v) is 4.15. The maximum absolute atomic E-state index is 6.29. The SMILES string of the molecule is CCC(C)[C@H](c1cccnc1Cl)N1CCNCC1.Cl.Cl. The van der Waals surface area contributed by atoms with Crippen LogP contribution in [0.25, 0.3) is 0 Å². The summed E-state index contributed by atoms with van der Waals surface area (Å²) >= 11 is 6.29. The molecule has 1 aliphatic rings. The average molecular weight is 341 g/mol. The van der Waals surface area contributed by atoms with Gasteiger partial charge in [-0.2, -0.15) is 0 Å². The first-order valence-corrected chi connectivity index (χ1v) is 7.17. The molecular formula is C14H24Cl3N3. The van der Waals surface area contributed by atoms with Gasteiger partial charge in [-0.25, -0.2) is 4.98 Å². The van der Waals surface area contributed by atoms with Crippen LogP contribution < -0.4 is 5.32 Å². The summed E-state index contributed by atoms with van der Waals surface area (Å²) in [6.45, 7) is 8.83. The lowest BCUT2D eigenvalue weighted by molar-refractivity contribution is 0.128. The molecule has 0 saturated carbocycles. The van der Waals surface area contributed by atoms with Crippen molar-refractivity contribution >= 4 is 36.4 Å². The van der Waals surface area contributed by atoms with E-state index >= 15 is 0 Å². The Hall–Kier alpha value is -0.0600. The van der Waals surface area contributed by atoms with Crippen LogP contribution in [0.15, 0.2) is 18.3 Å². The molecule has 3 nitrogen and oxygen atoms in total. The molecule has 2 atom stereocenters. The van der Waals surface area contributed by atoms with Gasteiger partial charge in [-0.15, -0.1) is 24.8 Å². The predicted molar refractivity (Wildman–Crippen MR) is 90.4 cm³/mol. The fourth-order valence-corrected chi connectivity index (χ4v) is 2.90. The van der Waals surface area contributed by atoms with E-state index < -0.39 is 0 Å². The number of halogens is 3. The van der Waals surface area contributed by atoms with Crippen LogP contribution >= 0.6 is 36.4 Å². The molecule has 0 radical (unpaired) electrons. The van der Waals surface area contributed by atoms with Crippen LogP contribution in [0.1, 0.15) is 31.9 Å². The van der Waals surface area contributed by atoms with Gasteiger partial charge >= 0.3 is 0 Å². The molecule has 0 aromatic carbocycles.